The van der Waals surface area contributed by atoms with E-state index in [9.17, 15) is 4.79 Å². The van der Waals surface area contributed by atoms with Gasteiger partial charge in [-0.15, -0.1) is 0 Å². The van der Waals surface area contributed by atoms with Crippen LogP contribution in [0.5, 0.6) is 0 Å². The van der Waals surface area contributed by atoms with E-state index >= 15 is 0 Å². The Balaban J connectivity index is 2.76. The van der Waals surface area contributed by atoms with Crippen molar-refractivity contribution in [2.45, 2.75) is 46.6 Å². The molecule has 0 aromatic carbocycles. The van der Waals surface area contributed by atoms with E-state index in [1.54, 1.807) is 0 Å². The molecule has 1 saturated heterocycles. The highest BCUT2D eigenvalue weighted by Crippen LogP contribution is 2.32. The first-order chi connectivity index (χ1) is 6.66. The van der Waals surface area contributed by atoms with Gasteiger partial charge < -0.3 is 10.6 Å². The summed E-state index contributed by atoms with van der Waals surface area (Å²) in [6.07, 6.45) is 1.12. The third-order valence-corrected chi connectivity index (χ3v) is 3.86. The minimum atomic E-state index is -0.489. The Morgan fingerprint density at radius 3 is 2.20 bits per heavy atom. The zero-order valence-electron chi connectivity index (χ0n) is 10.6. The summed E-state index contributed by atoms with van der Waals surface area (Å²) >= 11 is 0. The summed E-state index contributed by atoms with van der Waals surface area (Å²) in [5, 5.41) is 0. The SMILES string of the molecule is CC1CCN(C(=O)C(C)(C)C(C)(C)N)C1. The number of likely N-dealkylation sites (tertiary alicyclic amines) is 1. The molecule has 1 aliphatic heterocycles. The van der Waals surface area contributed by atoms with Gasteiger partial charge in [0.05, 0.1) is 5.41 Å². The summed E-state index contributed by atoms with van der Waals surface area (Å²) in [5.74, 6) is 0.824. The summed E-state index contributed by atoms with van der Waals surface area (Å²) in [7, 11) is 0. The van der Waals surface area contributed by atoms with Gasteiger partial charge in [-0.3, -0.25) is 4.79 Å². The monoisotopic (exact) mass is 212 g/mol. The highest BCUT2D eigenvalue weighted by molar-refractivity contribution is 5.83. The lowest BCUT2D eigenvalue weighted by Gasteiger charge is -2.39. The number of carbonyl (C=O) groups is 1. The molecule has 88 valence electrons. The van der Waals surface area contributed by atoms with Crippen molar-refractivity contribution in [3.8, 4) is 0 Å². The number of carbonyl (C=O) groups excluding carboxylic acids is 1. The smallest absolute Gasteiger partial charge is 0.230 e. The second kappa shape index (κ2) is 3.78. The molecule has 3 heteroatoms. The first kappa shape index (κ1) is 12.5. The molecule has 1 amide bonds. The van der Waals surface area contributed by atoms with Crippen LogP contribution in [0.3, 0.4) is 0 Å². The Morgan fingerprint density at radius 1 is 1.33 bits per heavy atom. The molecule has 0 aliphatic carbocycles. The molecule has 0 aromatic rings. The quantitative estimate of drug-likeness (QED) is 0.756. The Bertz CT molecular complexity index is 253. The number of hydrogen-bond acceptors (Lipinski definition) is 2. The van der Waals surface area contributed by atoms with Crippen LogP contribution >= 0.6 is 0 Å². The van der Waals surface area contributed by atoms with Crippen molar-refractivity contribution in [1.29, 1.82) is 0 Å². The Hall–Kier alpha value is -0.570. The van der Waals surface area contributed by atoms with Crippen molar-refractivity contribution in [2.24, 2.45) is 17.1 Å². The summed E-state index contributed by atoms with van der Waals surface area (Å²) in [6.45, 7) is 11.7. The number of nitrogens with zero attached hydrogens (tertiary/aromatic N) is 1. The fourth-order valence-corrected chi connectivity index (χ4v) is 1.79. The third kappa shape index (κ3) is 2.33. The summed E-state index contributed by atoms with van der Waals surface area (Å²) in [6, 6.07) is 0. The standard InChI is InChI=1S/C12H24N2O/c1-9-6-7-14(8-9)10(15)11(2,3)12(4,5)13/h9H,6-8,13H2,1-5H3. The Morgan fingerprint density at radius 2 is 1.87 bits per heavy atom. The zero-order valence-corrected chi connectivity index (χ0v) is 10.6. The third-order valence-electron chi connectivity index (χ3n) is 3.86. The normalized spacial score (nSPS) is 23.3. The van der Waals surface area contributed by atoms with Crippen molar-refractivity contribution in [2.75, 3.05) is 13.1 Å². The average molecular weight is 212 g/mol. The van der Waals surface area contributed by atoms with Gasteiger partial charge in [0, 0.05) is 18.6 Å². The van der Waals surface area contributed by atoms with Gasteiger partial charge in [0.15, 0.2) is 0 Å². The van der Waals surface area contributed by atoms with E-state index in [-0.39, 0.29) is 5.91 Å². The molecule has 1 heterocycles. The molecule has 1 rings (SSSR count). The van der Waals surface area contributed by atoms with Crippen LogP contribution in [0.1, 0.15) is 41.0 Å². The molecule has 1 fully saturated rings. The van der Waals surface area contributed by atoms with Crippen molar-refractivity contribution < 1.29 is 4.79 Å². The van der Waals surface area contributed by atoms with Gasteiger partial charge in [-0.05, 0) is 40.0 Å². The summed E-state index contributed by atoms with van der Waals surface area (Å²) < 4.78 is 0. The van der Waals surface area contributed by atoms with Gasteiger partial charge >= 0.3 is 0 Å². The van der Waals surface area contributed by atoms with Gasteiger partial charge in [0.25, 0.3) is 0 Å². The molecule has 1 aliphatic rings. The number of rotatable bonds is 2. The van der Waals surface area contributed by atoms with E-state index in [0.29, 0.717) is 5.92 Å². The molecular formula is C12H24N2O. The second-order valence-electron chi connectivity index (χ2n) is 5.99. The predicted octanol–water partition coefficient (Wildman–Crippen LogP) is 1.62. The van der Waals surface area contributed by atoms with Crippen LogP contribution in [0, 0.1) is 11.3 Å². The molecule has 0 bridgehead atoms. The highest BCUT2D eigenvalue weighted by Gasteiger charge is 2.43. The number of hydrogen-bond donors (Lipinski definition) is 1. The van der Waals surface area contributed by atoms with Gasteiger partial charge in [0.2, 0.25) is 5.91 Å². The highest BCUT2D eigenvalue weighted by atomic mass is 16.2. The molecule has 3 nitrogen and oxygen atoms in total. The van der Waals surface area contributed by atoms with E-state index < -0.39 is 11.0 Å². The van der Waals surface area contributed by atoms with E-state index in [1.807, 2.05) is 32.6 Å². The molecular weight excluding hydrogens is 188 g/mol. The topological polar surface area (TPSA) is 46.3 Å². The van der Waals surface area contributed by atoms with Crippen molar-refractivity contribution >= 4 is 5.91 Å². The van der Waals surface area contributed by atoms with Crippen LogP contribution in [-0.4, -0.2) is 29.4 Å². The maximum absolute atomic E-state index is 12.3. The molecule has 1 unspecified atom stereocenters. The molecule has 0 aromatic heterocycles. The van der Waals surface area contributed by atoms with Crippen molar-refractivity contribution in [3.63, 3.8) is 0 Å². The maximum atomic E-state index is 12.3. The number of amides is 1. The van der Waals surface area contributed by atoms with Gasteiger partial charge in [-0.1, -0.05) is 6.92 Å². The summed E-state index contributed by atoms with van der Waals surface area (Å²) in [5.41, 5.74) is 5.10. The van der Waals surface area contributed by atoms with Crippen LogP contribution in [0.4, 0.5) is 0 Å². The first-order valence-corrected chi connectivity index (χ1v) is 5.74. The first-order valence-electron chi connectivity index (χ1n) is 5.74. The molecule has 0 spiro atoms. The minimum absolute atomic E-state index is 0.194. The zero-order chi connectivity index (χ0) is 11.9. The summed E-state index contributed by atoms with van der Waals surface area (Å²) in [4.78, 5) is 14.3. The van der Waals surface area contributed by atoms with Crippen LogP contribution in [0.15, 0.2) is 0 Å². The molecule has 1 atom stereocenters. The largest absolute Gasteiger partial charge is 0.342 e. The lowest BCUT2D eigenvalue weighted by Crippen LogP contribution is -2.56. The van der Waals surface area contributed by atoms with E-state index in [2.05, 4.69) is 6.92 Å². The lowest BCUT2D eigenvalue weighted by molar-refractivity contribution is -0.142. The Kier molecular flexibility index (Phi) is 3.15. The fourth-order valence-electron chi connectivity index (χ4n) is 1.79. The van der Waals surface area contributed by atoms with Gasteiger partial charge in [0.1, 0.15) is 0 Å². The van der Waals surface area contributed by atoms with Crippen LogP contribution in [0.25, 0.3) is 0 Å². The van der Waals surface area contributed by atoms with Gasteiger partial charge in [-0.25, -0.2) is 0 Å². The van der Waals surface area contributed by atoms with E-state index in [0.717, 1.165) is 19.5 Å². The average Bonchev–Trinajstić information content (AvgIpc) is 2.48. The molecule has 0 saturated carbocycles. The van der Waals surface area contributed by atoms with Crippen molar-refractivity contribution in [3.05, 3.63) is 0 Å². The lowest BCUT2D eigenvalue weighted by atomic mass is 9.74. The second-order valence-corrected chi connectivity index (χ2v) is 5.99. The van der Waals surface area contributed by atoms with E-state index in [1.165, 1.54) is 0 Å². The van der Waals surface area contributed by atoms with Gasteiger partial charge in [-0.2, -0.15) is 0 Å². The predicted molar refractivity (Wildman–Crippen MR) is 62.4 cm³/mol. The van der Waals surface area contributed by atoms with Crippen LogP contribution in [0.2, 0.25) is 0 Å². The molecule has 2 N–H and O–H groups in total. The van der Waals surface area contributed by atoms with Crippen LogP contribution in [-0.2, 0) is 4.79 Å². The van der Waals surface area contributed by atoms with Crippen LogP contribution < -0.4 is 5.73 Å². The van der Waals surface area contributed by atoms with Crippen molar-refractivity contribution in [1.82, 2.24) is 4.90 Å². The van der Waals surface area contributed by atoms with E-state index in [4.69, 9.17) is 5.73 Å². The maximum Gasteiger partial charge on any atom is 0.230 e. The minimum Gasteiger partial charge on any atom is -0.342 e. The molecule has 15 heavy (non-hydrogen) atoms. The Labute approximate surface area is 93.0 Å². The molecule has 0 radical (unpaired) electrons. The fraction of sp³-hybridized carbons (Fsp3) is 0.917. The number of nitrogens with two attached hydrogens (primary N) is 1.